The first-order valence-electron chi connectivity index (χ1n) is 7.20. The second kappa shape index (κ2) is 6.92. The quantitative estimate of drug-likeness (QED) is 0.785. The number of halogens is 1. The minimum absolute atomic E-state index is 0.273. The normalized spacial score (nSPS) is 14.0. The van der Waals surface area contributed by atoms with Crippen LogP contribution in [-0.4, -0.2) is 0 Å². The van der Waals surface area contributed by atoms with Gasteiger partial charge in [0.2, 0.25) is 0 Å². The minimum atomic E-state index is 0.273. The van der Waals surface area contributed by atoms with Gasteiger partial charge in [0.25, 0.3) is 0 Å². The molecular formula is C18H22ClN. The van der Waals surface area contributed by atoms with E-state index in [1.165, 1.54) is 16.7 Å². The summed E-state index contributed by atoms with van der Waals surface area (Å²) in [5, 5.41) is 4.41. The fourth-order valence-corrected chi connectivity index (χ4v) is 2.58. The monoisotopic (exact) mass is 287 g/mol. The molecule has 0 bridgehead atoms. The molecule has 1 N–H and O–H groups in total. The van der Waals surface area contributed by atoms with Crippen LogP contribution in [0.15, 0.2) is 48.5 Å². The summed E-state index contributed by atoms with van der Waals surface area (Å²) in [5.41, 5.74) is 3.91. The van der Waals surface area contributed by atoms with Crippen LogP contribution in [0.25, 0.3) is 0 Å². The molecule has 20 heavy (non-hydrogen) atoms. The predicted molar refractivity (Wildman–Crippen MR) is 87.2 cm³/mol. The Bertz CT molecular complexity index is 548. The molecule has 2 heteroatoms. The fraction of sp³-hybridized carbons (Fsp3) is 0.333. The molecule has 0 radical (unpaired) electrons. The molecule has 0 heterocycles. The van der Waals surface area contributed by atoms with Crippen LogP contribution in [-0.2, 0) is 6.42 Å². The Morgan fingerprint density at radius 3 is 2.20 bits per heavy atom. The average molecular weight is 288 g/mol. The standard InChI is InChI=1S/C18H22ClN/c1-4-15-8-10-16(11-9-15)13(2)20-14(3)17-6-5-7-18(19)12-17/h5-14,20H,4H2,1-3H3. The maximum absolute atomic E-state index is 6.05. The molecule has 2 atom stereocenters. The van der Waals surface area contributed by atoms with Crippen molar-refractivity contribution in [3.8, 4) is 0 Å². The number of aryl methyl sites for hydroxylation is 1. The summed E-state index contributed by atoms with van der Waals surface area (Å²) in [6.07, 6.45) is 1.08. The lowest BCUT2D eigenvalue weighted by atomic mass is 10.0. The lowest BCUT2D eigenvalue weighted by Gasteiger charge is -2.21. The van der Waals surface area contributed by atoms with Gasteiger partial charge in [0.1, 0.15) is 0 Å². The molecule has 0 aliphatic rings. The molecule has 0 aromatic heterocycles. The van der Waals surface area contributed by atoms with Gasteiger partial charge in [-0.1, -0.05) is 54.9 Å². The van der Waals surface area contributed by atoms with E-state index in [9.17, 15) is 0 Å². The van der Waals surface area contributed by atoms with Gasteiger partial charge in [-0.25, -0.2) is 0 Å². The van der Waals surface area contributed by atoms with E-state index in [0.29, 0.717) is 6.04 Å². The van der Waals surface area contributed by atoms with Gasteiger partial charge in [0, 0.05) is 17.1 Å². The third-order valence-corrected chi connectivity index (χ3v) is 3.97. The molecule has 2 rings (SSSR count). The van der Waals surface area contributed by atoms with Crippen molar-refractivity contribution in [3.63, 3.8) is 0 Å². The predicted octanol–water partition coefficient (Wildman–Crippen LogP) is 5.31. The largest absolute Gasteiger partial charge is 0.304 e. The zero-order valence-electron chi connectivity index (χ0n) is 12.4. The van der Waals surface area contributed by atoms with Crippen LogP contribution in [0.3, 0.4) is 0 Å². The Morgan fingerprint density at radius 2 is 1.60 bits per heavy atom. The average Bonchev–Trinajstić information content (AvgIpc) is 2.47. The van der Waals surface area contributed by atoms with Crippen molar-refractivity contribution >= 4 is 11.6 Å². The van der Waals surface area contributed by atoms with E-state index in [2.05, 4.69) is 56.4 Å². The summed E-state index contributed by atoms with van der Waals surface area (Å²) in [7, 11) is 0. The van der Waals surface area contributed by atoms with E-state index >= 15 is 0 Å². The third kappa shape index (κ3) is 3.84. The molecule has 0 amide bonds. The topological polar surface area (TPSA) is 12.0 Å². The van der Waals surface area contributed by atoms with Crippen molar-refractivity contribution in [2.75, 3.05) is 0 Å². The number of rotatable bonds is 5. The SMILES string of the molecule is CCc1ccc(C(C)NC(C)c2cccc(Cl)c2)cc1. The first-order valence-corrected chi connectivity index (χ1v) is 7.58. The Kier molecular flexibility index (Phi) is 5.22. The zero-order valence-corrected chi connectivity index (χ0v) is 13.1. The summed E-state index contributed by atoms with van der Waals surface area (Å²) >= 11 is 6.05. The number of hydrogen-bond donors (Lipinski definition) is 1. The Balaban J connectivity index is 2.04. The highest BCUT2D eigenvalue weighted by Crippen LogP contribution is 2.22. The smallest absolute Gasteiger partial charge is 0.0409 e. The second-order valence-electron chi connectivity index (χ2n) is 5.26. The van der Waals surface area contributed by atoms with E-state index < -0.39 is 0 Å². The van der Waals surface area contributed by atoms with E-state index in [0.717, 1.165) is 11.4 Å². The Morgan fingerprint density at radius 1 is 0.950 bits per heavy atom. The fourth-order valence-electron chi connectivity index (χ4n) is 2.39. The van der Waals surface area contributed by atoms with Crippen molar-refractivity contribution < 1.29 is 0 Å². The van der Waals surface area contributed by atoms with Gasteiger partial charge >= 0.3 is 0 Å². The highest BCUT2D eigenvalue weighted by atomic mass is 35.5. The van der Waals surface area contributed by atoms with Gasteiger partial charge in [-0.3, -0.25) is 0 Å². The lowest BCUT2D eigenvalue weighted by molar-refractivity contribution is 0.494. The summed E-state index contributed by atoms with van der Waals surface area (Å²) in [6, 6.07) is 17.4. The molecule has 0 saturated carbocycles. The van der Waals surface area contributed by atoms with Crippen molar-refractivity contribution in [1.82, 2.24) is 5.32 Å². The van der Waals surface area contributed by atoms with E-state index in [1.807, 2.05) is 18.2 Å². The zero-order chi connectivity index (χ0) is 14.5. The van der Waals surface area contributed by atoms with Crippen molar-refractivity contribution in [3.05, 3.63) is 70.2 Å². The molecule has 0 fully saturated rings. The van der Waals surface area contributed by atoms with Gasteiger partial charge in [-0.15, -0.1) is 0 Å². The molecule has 0 aliphatic carbocycles. The first kappa shape index (κ1) is 15.1. The molecule has 2 unspecified atom stereocenters. The highest BCUT2D eigenvalue weighted by Gasteiger charge is 2.11. The van der Waals surface area contributed by atoms with E-state index in [4.69, 9.17) is 11.6 Å². The van der Waals surface area contributed by atoms with E-state index in [1.54, 1.807) is 0 Å². The van der Waals surface area contributed by atoms with E-state index in [-0.39, 0.29) is 6.04 Å². The van der Waals surface area contributed by atoms with Gasteiger partial charge in [0.05, 0.1) is 0 Å². The number of hydrogen-bond acceptors (Lipinski definition) is 1. The number of benzene rings is 2. The maximum atomic E-state index is 6.05. The van der Waals surface area contributed by atoms with Crippen LogP contribution < -0.4 is 5.32 Å². The van der Waals surface area contributed by atoms with Gasteiger partial charge in [-0.2, -0.15) is 0 Å². The maximum Gasteiger partial charge on any atom is 0.0409 e. The molecule has 1 nitrogen and oxygen atoms in total. The minimum Gasteiger partial charge on any atom is -0.304 e. The molecule has 0 spiro atoms. The van der Waals surface area contributed by atoms with Gasteiger partial charge < -0.3 is 5.32 Å². The van der Waals surface area contributed by atoms with Crippen LogP contribution in [0.1, 0.15) is 49.5 Å². The molecule has 106 valence electrons. The summed E-state index contributed by atoms with van der Waals surface area (Å²) in [6.45, 7) is 6.54. The summed E-state index contributed by atoms with van der Waals surface area (Å²) in [4.78, 5) is 0. The van der Waals surface area contributed by atoms with Crippen LogP contribution >= 0.6 is 11.6 Å². The Labute approximate surface area is 127 Å². The second-order valence-corrected chi connectivity index (χ2v) is 5.70. The van der Waals surface area contributed by atoms with Crippen LogP contribution in [0.2, 0.25) is 5.02 Å². The van der Waals surface area contributed by atoms with Crippen LogP contribution in [0.5, 0.6) is 0 Å². The van der Waals surface area contributed by atoms with Gasteiger partial charge in [-0.05, 0) is 49.1 Å². The first-order chi connectivity index (χ1) is 9.60. The van der Waals surface area contributed by atoms with Crippen molar-refractivity contribution in [2.24, 2.45) is 0 Å². The molecular weight excluding hydrogens is 266 g/mol. The van der Waals surface area contributed by atoms with Gasteiger partial charge in [0.15, 0.2) is 0 Å². The summed E-state index contributed by atoms with van der Waals surface area (Å²) < 4.78 is 0. The summed E-state index contributed by atoms with van der Waals surface area (Å²) in [5.74, 6) is 0. The highest BCUT2D eigenvalue weighted by molar-refractivity contribution is 6.30. The molecule has 2 aromatic carbocycles. The Hall–Kier alpha value is -1.31. The number of nitrogens with one attached hydrogen (secondary N) is 1. The van der Waals surface area contributed by atoms with Crippen LogP contribution in [0.4, 0.5) is 0 Å². The molecule has 0 saturated heterocycles. The van der Waals surface area contributed by atoms with Crippen LogP contribution in [0, 0.1) is 0 Å². The third-order valence-electron chi connectivity index (χ3n) is 3.74. The molecule has 2 aromatic rings. The lowest BCUT2D eigenvalue weighted by Crippen LogP contribution is -2.22. The molecule has 0 aliphatic heterocycles. The van der Waals surface area contributed by atoms with Crippen molar-refractivity contribution in [2.45, 2.75) is 39.3 Å². The van der Waals surface area contributed by atoms with Crippen molar-refractivity contribution in [1.29, 1.82) is 0 Å².